The minimum atomic E-state index is -2.37. The molecule has 0 saturated heterocycles. The second-order valence-electron chi connectivity index (χ2n) is 4.04. The quantitative estimate of drug-likeness (QED) is 0.341. The molecule has 0 N–H and O–H groups in total. The molecule has 16 heavy (non-hydrogen) atoms. The van der Waals surface area contributed by atoms with E-state index in [0.29, 0.717) is 39.1 Å². The van der Waals surface area contributed by atoms with Gasteiger partial charge in [0.25, 0.3) is 0 Å². The highest BCUT2D eigenvalue weighted by Gasteiger charge is 2.18. The lowest BCUT2D eigenvalue weighted by Crippen LogP contribution is -2.18. The fraction of sp³-hybridized carbons (Fsp3) is 1.00. The van der Waals surface area contributed by atoms with Crippen molar-refractivity contribution in [3.8, 4) is 0 Å². The molecule has 0 aliphatic rings. The van der Waals surface area contributed by atoms with Crippen molar-refractivity contribution in [1.29, 1.82) is 0 Å². The minimum absolute atomic E-state index is 0. The molecule has 0 bridgehead atoms. The second-order valence-corrected chi connectivity index (χ2v) is 7.98. The van der Waals surface area contributed by atoms with Crippen molar-refractivity contribution in [2.75, 3.05) is 40.1 Å². The van der Waals surface area contributed by atoms with E-state index >= 15 is 0 Å². The van der Waals surface area contributed by atoms with E-state index in [0.717, 1.165) is 6.42 Å². The molecule has 3 nitrogen and oxygen atoms in total. The van der Waals surface area contributed by atoms with Crippen LogP contribution in [0.4, 0.5) is 4.11 Å². The molecule has 0 heterocycles. The predicted octanol–water partition coefficient (Wildman–Crippen LogP) is 2.87. The average Bonchev–Trinajstić information content (AvgIpc) is 2.14. The normalized spacial score (nSPS) is 11.2. The van der Waals surface area contributed by atoms with Crippen molar-refractivity contribution in [1.82, 2.24) is 0 Å². The van der Waals surface area contributed by atoms with Gasteiger partial charge in [0.1, 0.15) is 0 Å². The van der Waals surface area contributed by atoms with Crippen LogP contribution >= 0.6 is 0 Å². The summed E-state index contributed by atoms with van der Waals surface area (Å²) >= 11 is 0. The van der Waals surface area contributed by atoms with E-state index in [2.05, 4.69) is 0 Å². The standard InChI is InChI=1S/C10H23FO3Si.CH4/c1-12-6-7-14-9-8-13-5-4-10-15(2,3)11;/h4-10H2,1-3H3;1H4. The number of ether oxygens (including phenoxy) is 3. The molecule has 0 aromatic carbocycles. The molecule has 0 aromatic rings. The number of hydrogen-bond donors (Lipinski definition) is 0. The van der Waals surface area contributed by atoms with Gasteiger partial charge < -0.3 is 18.3 Å². The zero-order valence-electron chi connectivity index (χ0n) is 10.1. The first-order valence-electron chi connectivity index (χ1n) is 5.39. The van der Waals surface area contributed by atoms with Crippen molar-refractivity contribution in [3.63, 3.8) is 0 Å². The van der Waals surface area contributed by atoms with Gasteiger partial charge in [-0.15, -0.1) is 0 Å². The van der Waals surface area contributed by atoms with Crippen molar-refractivity contribution in [2.45, 2.75) is 33.0 Å². The summed E-state index contributed by atoms with van der Waals surface area (Å²) in [5.74, 6) is 0. The SMILES string of the molecule is C.COCCOCCOCCC[Si](C)(C)F. The Balaban J connectivity index is 0. The van der Waals surface area contributed by atoms with E-state index in [4.69, 9.17) is 14.2 Å². The van der Waals surface area contributed by atoms with Gasteiger partial charge in [-0.25, -0.2) is 0 Å². The minimum Gasteiger partial charge on any atom is -0.382 e. The maximum Gasteiger partial charge on any atom is 0.241 e. The van der Waals surface area contributed by atoms with Gasteiger partial charge in [-0.2, -0.15) is 0 Å². The lowest BCUT2D eigenvalue weighted by molar-refractivity contribution is 0.0249. The Bertz CT molecular complexity index is 140. The van der Waals surface area contributed by atoms with Gasteiger partial charge in [0.05, 0.1) is 26.4 Å². The highest BCUT2D eigenvalue weighted by atomic mass is 28.4. The summed E-state index contributed by atoms with van der Waals surface area (Å²) in [6.07, 6.45) is 0.813. The van der Waals surface area contributed by atoms with Crippen LogP contribution in [0, 0.1) is 0 Å². The van der Waals surface area contributed by atoms with Gasteiger partial charge in [0, 0.05) is 13.7 Å². The third kappa shape index (κ3) is 16.5. The van der Waals surface area contributed by atoms with Crippen LogP contribution in [0.3, 0.4) is 0 Å². The highest BCUT2D eigenvalue weighted by molar-refractivity contribution is 6.70. The molecule has 0 atom stereocenters. The zero-order valence-corrected chi connectivity index (χ0v) is 11.1. The largest absolute Gasteiger partial charge is 0.382 e. The van der Waals surface area contributed by atoms with Gasteiger partial charge in [-0.05, 0) is 25.6 Å². The third-order valence-electron chi connectivity index (χ3n) is 1.86. The molecular formula is C11H27FO3Si. The second kappa shape index (κ2) is 11.5. The maximum atomic E-state index is 13.1. The first-order chi connectivity index (χ1) is 7.06. The Kier molecular flexibility index (Phi) is 13.2. The summed E-state index contributed by atoms with van der Waals surface area (Å²) < 4.78 is 28.5. The smallest absolute Gasteiger partial charge is 0.241 e. The fourth-order valence-electron chi connectivity index (χ4n) is 1.06. The summed E-state index contributed by atoms with van der Waals surface area (Å²) in [7, 11) is -0.730. The van der Waals surface area contributed by atoms with Gasteiger partial charge in [0.2, 0.25) is 8.41 Å². The molecule has 100 valence electrons. The molecule has 0 aliphatic carbocycles. The topological polar surface area (TPSA) is 27.7 Å². The summed E-state index contributed by atoms with van der Waals surface area (Å²) in [5, 5.41) is 0. The van der Waals surface area contributed by atoms with Gasteiger partial charge >= 0.3 is 0 Å². The first-order valence-corrected chi connectivity index (χ1v) is 8.48. The molecule has 0 rings (SSSR count). The number of hydrogen-bond acceptors (Lipinski definition) is 3. The molecule has 0 aliphatic heterocycles. The van der Waals surface area contributed by atoms with E-state index < -0.39 is 8.41 Å². The van der Waals surface area contributed by atoms with Crippen LogP contribution in [0.2, 0.25) is 19.1 Å². The van der Waals surface area contributed by atoms with Crippen molar-refractivity contribution >= 4 is 8.41 Å². The summed E-state index contributed by atoms with van der Waals surface area (Å²) in [4.78, 5) is 0. The lowest BCUT2D eigenvalue weighted by Gasteiger charge is -2.10. The summed E-state index contributed by atoms with van der Waals surface area (Å²) in [5.41, 5.74) is 0. The molecule has 0 saturated carbocycles. The maximum absolute atomic E-state index is 13.1. The predicted molar refractivity (Wildman–Crippen MR) is 68.3 cm³/mol. The van der Waals surface area contributed by atoms with Gasteiger partial charge in [0.15, 0.2) is 0 Å². The molecule has 0 amide bonds. The van der Waals surface area contributed by atoms with Crippen LogP contribution in [0.5, 0.6) is 0 Å². The van der Waals surface area contributed by atoms with Crippen molar-refractivity contribution in [2.24, 2.45) is 0 Å². The van der Waals surface area contributed by atoms with E-state index in [9.17, 15) is 4.11 Å². The Morgan fingerprint density at radius 1 is 0.938 bits per heavy atom. The molecule has 0 spiro atoms. The Hall–Kier alpha value is 0.0269. The molecule has 0 radical (unpaired) electrons. The van der Waals surface area contributed by atoms with Crippen LogP contribution in [-0.4, -0.2) is 48.6 Å². The van der Waals surface area contributed by atoms with Crippen molar-refractivity contribution in [3.05, 3.63) is 0 Å². The third-order valence-corrected chi connectivity index (χ3v) is 3.41. The molecule has 0 aromatic heterocycles. The number of halogens is 1. The van der Waals surface area contributed by atoms with Crippen LogP contribution in [0.25, 0.3) is 0 Å². The first kappa shape index (κ1) is 18.4. The van der Waals surface area contributed by atoms with E-state index in [1.54, 1.807) is 20.2 Å². The Morgan fingerprint density at radius 2 is 1.44 bits per heavy atom. The monoisotopic (exact) mass is 254 g/mol. The molecular weight excluding hydrogens is 227 g/mol. The average molecular weight is 254 g/mol. The van der Waals surface area contributed by atoms with Crippen LogP contribution in [0.1, 0.15) is 13.8 Å². The Morgan fingerprint density at radius 3 is 1.94 bits per heavy atom. The summed E-state index contributed by atoms with van der Waals surface area (Å²) in [6.45, 7) is 6.46. The highest BCUT2D eigenvalue weighted by Crippen LogP contribution is 2.12. The number of methoxy groups -OCH3 is 1. The Labute approximate surface area is 100 Å². The van der Waals surface area contributed by atoms with Crippen LogP contribution in [0.15, 0.2) is 0 Å². The van der Waals surface area contributed by atoms with Gasteiger partial charge in [-0.1, -0.05) is 7.43 Å². The van der Waals surface area contributed by atoms with Crippen LogP contribution in [-0.2, 0) is 14.2 Å². The number of rotatable bonds is 10. The molecule has 0 unspecified atom stereocenters. The van der Waals surface area contributed by atoms with E-state index in [-0.39, 0.29) is 7.43 Å². The molecule has 0 fully saturated rings. The van der Waals surface area contributed by atoms with E-state index in [1.807, 2.05) is 0 Å². The van der Waals surface area contributed by atoms with E-state index in [1.165, 1.54) is 0 Å². The fourth-order valence-corrected chi connectivity index (χ4v) is 2.04. The van der Waals surface area contributed by atoms with Crippen molar-refractivity contribution < 1.29 is 18.3 Å². The van der Waals surface area contributed by atoms with Crippen LogP contribution < -0.4 is 0 Å². The molecule has 5 heteroatoms. The zero-order chi connectivity index (χ0) is 11.6. The van der Waals surface area contributed by atoms with Gasteiger partial charge in [-0.3, -0.25) is 0 Å². The summed E-state index contributed by atoms with van der Waals surface area (Å²) in [6, 6.07) is 0.678. The lowest BCUT2D eigenvalue weighted by atomic mass is 10.5.